The molecule has 0 saturated carbocycles. The van der Waals surface area contributed by atoms with Crippen LogP contribution in [0.2, 0.25) is 10.0 Å². The van der Waals surface area contributed by atoms with Crippen molar-refractivity contribution in [1.82, 2.24) is 0 Å². The highest BCUT2D eigenvalue weighted by Gasteiger charge is 2.19. The fraction of sp³-hybridized carbons (Fsp3) is 0.0769. The van der Waals surface area contributed by atoms with Crippen LogP contribution in [-0.4, -0.2) is 8.42 Å². The summed E-state index contributed by atoms with van der Waals surface area (Å²) in [6, 6.07) is 8.03. The third-order valence-electron chi connectivity index (χ3n) is 2.65. The lowest BCUT2D eigenvalue weighted by atomic mass is 10.2. The molecule has 0 saturated heterocycles. The number of benzene rings is 2. The SMILES string of the molecule is Nc1ccc(Cl)cc1S(=O)(=O)Cc1ccc(Cl)c(F)c1. The van der Waals surface area contributed by atoms with E-state index in [-0.39, 0.29) is 31.9 Å². The van der Waals surface area contributed by atoms with Crippen molar-refractivity contribution in [3.63, 3.8) is 0 Å². The molecule has 0 spiro atoms. The summed E-state index contributed by atoms with van der Waals surface area (Å²) in [5, 5.41) is 0.202. The maximum Gasteiger partial charge on any atom is 0.184 e. The molecule has 3 nitrogen and oxygen atoms in total. The van der Waals surface area contributed by atoms with E-state index in [0.717, 1.165) is 6.07 Å². The molecular weight excluding hydrogens is 324 g/mol. The summed E-state index contributed by atoms with van der Waals surface area (Å²) < 4.78 is 37.9. The highest BCUT2D eigenvalue weighted by atomic mass is 35.5. The maximum atomic E-state index is 13.3. The molecule has 0 aromatic heterocycles. The highest BCUT2D eigenvalue weighted by molar-refractivity contribution is 7.90. The molecule has 7 heteroatoms. The topological polar surface area (TPSA) is 60.2 Å². The maximum absolute atomic E-state index is 13.3. The average molecular weight is 334 g/mol. The van der Waals surface area contributed by atoms with Gasteiger partial charge in [-0.05, 0) is 35.9 Å². The predicted octanol–water partition coefficient (Wildman–Crippen LogP) is 3.69. The summed E-state index contributed by atoms with van der Waals surface area (Å²) in [5.41, 5.74) is 6.03. The van der Waals surface area contributed by atoms with Gasteiger partial charge in [0.2, 0.25) is 0 Å². The minimum absolute atomic E-state index is 0.0617. The molecule has 0 amide bonds. The molecule has 0 aliphatic heterocycles. The lowest BCUT2D eigenvalue weighted by Gasteiger charge is -2.08. The minimum Gasteiger partial charge on any atom is -0.398 e. The largest absolute Gasteiger partial charge is 0.398 e. The van der Waals surface area contributed by atoms with Crippen molar-refractivity contribution >= 4 is 38.7 Å². The Morgan fingerprint density at radius 3 is 2.45 bits per heavy atom. The van der Waals surface area contributed by atoms with E-state index in [2.05, 4.69) is 0 Å². The van der Waals surface area contributed by atoms with Gasteiger partial charge in [0, 0.05) is 5.02 Å². The zero-order chi connectivity index (χ0) is 14.9. The first-order valence-electron chi connectivity index (χ1n) is 5.51. The van der Waals surface area contributed by atoms with Gasteiger partial charge in [-0.2, -0.15) is 0 Å². The molecule has 0 unspecified atom stereocenters. The fourth-order valence-corrected chi connectivity index (χ4v) is 3.57. The Bertz CT molecular complexity index is 763. The summed E-state index contributed by atoms with van der Waals surface area (Å²) in [5.74, 6) is -1.05. The third-order valence-corrected chi connectivity index (χ3v) is 4.93. The first-order chi connectivity index (χ1) is 9.29. The van der Waals surface area contributed by atoms with E-state index in [0.29, 0.717) is 0 Å². The first kappa shape index (κ1) is 15.1. The Hall–Kier alpha value is -1.30. The molecular formula is C13H10Cl2FNO2S. The number of rotatable bonds is 3. The van der Waals surface area contributed by atoms with E-state index in [4.69, 9.17) is 28.9 Å². The van der Waals surface area contributed by atoms with Crippen LogP contribution in [0.25, 0.3) is 0 Å². The van der Waals surface area contributed by atoms with Crippen LogP contribution in [0.4, 0.5) is 10.1 Å². The van der Waals surface area contributed by atoms with Crippen LogP contribution in [-0.2, 0) is 15.6 Å². The van der Waals surface area contributed by atoms with Crippen LogP contribution in [0.3, 0.4) is 0 Å². The quantitative estimate of drug-likeness (QED) is 0.871. The van der Waals surface area contributed by atoms with Gasteiger partial charge in [0.05, 0.1) is 21.4 Å². The Morgan fingerprint density at radius 1 is 1.10 bits per heavy atom. The van der Waals surface area contributed by atoms with Crippen molar-refractivity contribution in [2.45, 2.75) is 10.6 Å². The van der Waals surface area contributed by atoms with Crippen molar-refractivity contribution < 1.29 is 12.8 Å². The normalized spacial score (nSPS) is 11.6. The molecule has 0 fully saturated rings. The Morgan fingerprint density at radius 2 is 1.80 bits per heavy atom. The number of anilines is 1. The van der Waals surface area contributed by atoms with Gasteiger partial charge in [0.15, 0.2) is 9.84 Å². The second-order valence-electron chi connectivity index (χ2n) is 4.19. The van der Waals surface area contributed by atoms with E-state index in [1.165, 1.54) is 30.3 Å². The van der Waals surface area contributed by atoms with Gasteiger partial charge in [0.25, 0.3) is 0 Å². The molecule has 2 N–H and O–H groups in total. The number of halogens is 3. The van der Waals surface area contributed by atoms with E-state index >= 15 is 0 Å². The lowest BCUT2D eigenvalue weighted by molar-refractivity contribution is 0.595. The molecule has 20 heavy (non-hydrogen) atoms. The van der Waals surface area contributed by atoms with Crippen LogP contribution in [0.15, 0.2) is 41.3 Å². The van der Waals surface area contributed by atoms with Crippen LogP contribution in [0.1, 0.15) is 5.56 Å². The van der Waals surface area contributed by atoms with Crippen LogP contribution in [0, 0.1) is 5.82 Å². The molecule has 2 aromatic carbocycles. The van der Waals surface area contributed by atoms with Crippen molar-refractivity contribution in [3.8, 4) is 0 Å². The molecule has 2 aromatic rings. The van der Waals surface area contributed by atoms with Crippen molar-refractivity contribution in [2.75, 3.05) is 5.73 Å². The number of sulfone groups is 1. The number of hydrogen-bond acceptors (Lipinski definition) is 3. The molecule has 0 atom stereocenters. The van der Waals surface area contributed by atoms with Crippen molar-refractivity contribution in [2.24, 2.45) is 0 Å². The van der Waals surface area contributed by atoms with Gasteiger partial charge in [-0.15, -0.1) is 0 Å². The molecule has 0 aliphatic rings. The smallest absolute Gasteiger partial charge is 0.184 e. The second kappa shape index (κ2) is 5.60. The van der Waals surface area contributed by atoms with Gasteiger partial charge in [0.1, 0.15) is 5.82 Å². The molecule has 0 bridgehead atoms. The zero-order valence-electron chi connectivity index (χ0n) is 10.1. The Kier molecular flexibility index (Phi) is 4.22. The highest BCUT2D eigenvalue weighted by Crippen LogP contribution is 2.26. The van der Waals surface area contributed by atoms with Crippen LogP contribution < -0.4 is 5.73 Å². The monoisotopic (exact) mass is 333 g/mol. The average Bonchev–Trinajstić information content (AvgIpc) is 2.36. The second-order valence-corrected chi connectivity index (χ2v) is 6.99. The van der Waals surface area contributed by atoms with E-state index < -0.39 is 15.7 Å². The standard InChI is InChI=1S/C13H10Cl2FNO2S/c14-9-2-4-12(17)13(6-9)20(18,19)7-8-1-3-10(15)11(16)5-8/h1-6H,7,17H2. The van der Waals surface area contributed by atoms with Crippen molar-refractivity contribution in [3.05, 3.63) is 57.8 Å². The van der Waals surface area contributed by atoms with E-state index in [1.54, 1.807) is 0 Å². The van der Waals surface area contributed by atoms with E-state index in [1.807, 2.05) is 0 Å². The molecule has 0 heterocycles. The summed E-state index contributed by atoms with van der Waals surface area (Å²) in [6.07, 6.45) is 0. The number of nitrogen functional groups attached to an aromatic ring is 1. The molecule has 106 valence electrons. The summed E-state index contributed by atoms with van der Waals surface area (Å²) in [6.45, 7) is 0. The number of hydrogen-bond donors (Lipinski definition) is 1. The Balaban J connectivity index is 2.40. The predicted molar refractivity (Wildman–Crippen MR) is 78.2 cm³/mol. The Labute approximate surface area is 126 Å². The minimum atomic E-state index is -3.72. The molecule has 0 radical (unpaired) electrons. The van der Waals surface area contributed by atoms with Gasteiger partial charge in [-0.1, -0.05) is 29.3 Å². The summed E-state index contributed by atoms with van der Waals surface area (Å²) in [7, 11) is -3.72. The van der Waals surface area contributed by atoms with Gasteiger partial charge >= 0.3 is 0 Å². The van der Waals surface area contributed by atoms with Crippen molar-refractivity contribution in [1.29, 1.82) is 0 Å². The first-order valence-corrected chi connectivity index (χ1v) is 7.92. The van der Waals surface area contributed by atoms with Crippen LogP contribution >= 0.6 is 23.2 Å². The lowest BCUT2D eigenvalue weighted by Crippen LogP contribution is -2.08. The summed E-state index contributed by atoms with van der Waals surface area (Å²) in [4.78, 5) is -0.0691. The zero-order valence-corrected chi connectivity index (χ0v) is 12.4. The third kappa shape index (κ3) is 3.23. The van der Waals surface area contributed by atoms with Gasteiger partial charge < -0.3 is 5.73 Å². The van der Waals surface area contributed by atoms with E-state index in [9.17, 15) is 12.8 Å². The molecule has 2 rings (SSSR count). The van der Waals surface area contributed by atoms with Gasteiger partial charge in [-0.3, -0.25) is 0 Å². The molecule has 0 aliphatic carbocycles. The van der Waals surface area contributed by atoms with Gasteiger partial charge in [-0.25, -0.2) is 12.8 Å². The number of nitrogens with two attached hydrogens (primary N) is 1. The summed E-state index contributed by atoms with van der Waals surface area (Å²) >= 11 is 11.3. The fourth-order valence-electron chi connectivity index (χ4n) is 1.70. The van der Waals surface area contributed by atoms with Crippen LogP contribution in [0.5, 0.6) is 0 Å².